The molecule has 3 rings (SSSR count). The lowest BCUT2D eigenvalue weighted by molar-refractivity contribution is -0.137. The first-order valence-electron chi connectivity index (χ1n) is 8.68. The van der Waals surface area contributed by atoms with Crippen LogP contribution < -0.4 is 11.0 Å². The van der Waals surface area contributed by atoms with E-state index in [-0.39, 0.29) is 17.7 Å². The predicted molar refractivity (Wildman–Crippen MR) is 108 cm³/mol. The first-order valence-corrected chi connectivity index (χ1v) is 9.06. The van der Waals surface area contributed by atoms with Crippen LogP contribution in [0.4, 0.5) is 13.2 Å². The molecule has 0 aliphatic heterocycles. The minimum atomic E-state index is -4.48. The van der Waals surface area contributed by atoms with Gasteiger partial charge >= 0.3 is 6.18 Å². The molecule has 0 saturated carbocycles. The van der Waals surface area contributed by atoms with Gasteiger partial charge in [0.25, 0.3) is 11.5 Å². The third-order valence-electron chi connectivity index (χ3n) is 4.12. The van der Waals surface area contributed by atoms with Gasteiger partial charge in [-0.3, -0.25) is 9.59 Å². The first kappa shape index (κ1) is 21.3. The van der Waals surface area contributed by atoms with Crippen molar-refractivity contribution in [1.29, 1.82) is 0 Å². The number of hydrogen-bond donors (Lipinski definition) is 1. The van der Waals surface area contributed by atoms with Crippen LogP contribution in [0.5, 0.6) is 0 Å². The zero-order chi connectivity index (χ0) is 21.7. The lowest BCUT2D eigenvalue weighted by atomic mass is 10.1. The summed E-state index contributed by atoms with van der Waals surface area (Å²) in [5, 5.41) is 4.22. The molecule has 9 heteroatoms. The van der Waals surface area contributed by atoms with E-state index in [2.05, 4.69) is 10.5 Å². The number of aromatic nitrogens is 1. The number of hydrogen-bond acceptors (Lipinski definition) is 3. The average molecular weight is 434 g/mol. The average Bonchev–Trinajstić information content (AvgIpc) is 2.71. The Hall–Kier alpha value is -3.39. The van der Waals surface area contributed by atoms with Crippen molar-refractivity contribution in [1.82, 2.24) is 9.99 Å². The molecule has 3 aromatic rings. The Morgan fingerprint density at radius 3 is 2.53 bits per heavy atom. The fraction of sp³-hybridized carbons (Fsp3) is 0.0952. The van der Waals surface area contributed by atoms with Gasteiger partial charge in [-0.05, 0) is 47.5 Å². The van der Waals surface area contributed by atoms with Crippen LogP contribution in [-0.4, -0.2) is 16.7 Å². The number of carbonyl (C=O) groups is 1. The van der Waals surface area contributed by atoms with E-state index >= 15 is 0 Å². The van der Waals surface area contributed by atoms with Crippen LogP contribution in [0.15, 0.2) is 76.8 Å². The summed E-state index contributed by atoms with van der Waals surface area (Å²) < 4.78 is 39.6. The number of pyridine rings is 1. The van der Waals surface area contributed by atoms with Crippen LogP contribution in [-0.2, 0) is 12.7 Å². The predicted octanol–water partition coefficient (Wildman–Crippen LogP) is 4.33. The summed E-state index contributed by atoms with van der Waals surface area (Å²) in [6.45, 7) is 0.241. The van der Waals surface area contributed by atoms with E-state index in [0.717, 1.165) is 23.9 Å². The Morgan fingerprint density at radius 2 is 1.83 bits per heavy atom. The summed E-state index contributed by atoms with van der Waals surface area (Å²) >= 11 is 5.85. The van der Waals surface area contributed by atoms with Gasteiger partial charge in [0.15, 0.2) is 0 Å². The number of nitrogens with zero attached hydrogens (tertiary/aromatic N) is 2. The van der Waals surface area contributed by atoms with Gasteiger partial charge in [0.1, 0.15) is 5.56 Å². The largest absolute Gasteiger partial charge is 0.416 e. The van der Waals surface area contributed by atoms with E-state index in [4.69, 9.17) is 11.6 Å². The standard InChI is InChI=1S/C21H15ClF3N3O2/c22-17-8-6-14(7-9-17)13-28-10-2-5-18(20(28)30)19(29)27-26-12-15-3-1-4-16(11-15)21(23,24)25/h1-12H,13H2,(H,27,29)/b26-12-. The minimum absolute atomic E-state index is 0.146. The van der Waals surface area contributed by atoms with E-state index in [1.165, 1.54) is 22.8 Å². The summed E-state index contributed by atoms with van der Waals surface area (Å²) in [6, 6.07) is 14.3. The normalized spacial score (nSPS) is 11.6. The number of benzene rings is 2. The Labute approximate surface area is 174 Å². The maximum atomic E-state index is 12.7. The van der Waals surface area contributed by atoms with Gasteiger partial charge in [-0.25, -0.2) is 5.43 Å². The molecule has 0 bridgehead atoms. The van der Waals surface area contributed by atoms with Crippen LogP contribution in [0.3, 0.4) is 0 Å². The van der Waals surface area contributed by atoms with Gasteiger partial charge in [-0.1, -0.05) is 35.9 Å². The van der Waals surface area contributed by atoms with E-state index in [1.54, 1.807) is 36.5 Å². The molecule has 1 heterocycles. The highest BCUT2D eigenvalue weighted by atomic mass is 35.5. The molecule has 1 N–H and O–H groups in total. The van der Waals surface area contributed by atoms with Gasteiger partial charge in [-0.2, -0.15) is 18.3 Å². The highest BCUT2D eigenvalue weighted by Crippen LogP contribution is 2.29. The van der Waals surface area contributed by atoms with Crippen molar-refractivity contribution >= 4 is 23.7 Å². The highest BCUT2D eigenvalue weighted by molar-refractivity contribution is 6.30. The number of nitrogens with one attached hydrogen (secondary N) is 1. The Bertz CT molecular complexity index is 1140. The highest BCUT2D eigenvalue weighted by Gasteiger charge is 2.30. The van der Waals surface area contributed by atoms with Crippen molar-refractivity contribution in [2.24, 2.45) is 5.10 Å². The van der Waals surface area contributed by atoms with Crippen LogP contribution in [0.25, 0.3) is 0 Å². The second kappa shape index (κ2) is 8.96. The summed E-state index contributed by atoms with van der Waals surface area (Å²) in [5.41, 5.74) is 1.63. The molecule has 1 aromatic heterocycles. The van der Waals surface area contributed by atoms with Crippen molar-refractivity contribution in [2.75, 3.05) is 0 Å². The monoisotopic (exact) mass is 433 g/mol. The van der Waals surface area contributed by atoms with E-state index in [0.29, 0.717) is 5.02 Å². The van der Waals surface area contributed by atoms with Gasteiger partial charge in [0.2, 0.25) is 0 Å². The fourth-order valence-electron chi connectivity index (χ4n) is 2.64. The van der Waals surface area contributed by atoms with Crippen LogP contribution in [0.2, 0.25) is 5.02 Å². The molecule has 0 aliphatic rings. The SMILES string of the molecule is O=C(N/N=C\c1cccc(C(F)(F)F)c1)c1cccn(Cc2ccc(Cl)cc2)c1=O. The van der Waals surface area contributed by atoms with E-state index in [1.807, 2.05) is 0 Å². The first-order chi connectivity index (χ1) is 14.2. The molecule has 1 amide bonds. The lowest BCUT2D eigenvalue weighted by Gasteiger charge is -2.08. The van der Waals surface area contributed by atoms with Gasteiger partial charge < -0.3 is 4.57 Å². The Morgan fingerprint density at radius 1 is 1.10 bits per heavy atom. The molecule has 0 spiro atoms. The summed E-state index contributed by atoms with van der Waals surface area (Å²) in [4.78, 5) is 24.9. The number of amides is 1. The molecule has 0 unspecified atom stereocenters. The van der Waals surface area contributed by atoms with E-state index in [9.17, 15) is 22.8 Å². The summed E-state index contributed by atoms with van der Waals surface area (Å²) in [5.74, 6) is -0.770. The van der Waals surface area contributed by atoms with E-state index < -0.39 is 23.2 Å². The number of halogens is 4. The smallest absolute Gasteiger partial charge is 0.310 e. The molecule has 0 aliphatic carbocycles. The molecule has 0 fully saturated rings. The Balaban J connectivity index is 1.72. The maximum Gasteiger partial charge on any atom is 0.416 e. The third kappa shape index (κ3) is 5.36. The van der Waals surface area contributed by atoms with Crippen LogP contribution in [0.1, 0.15) is 27.0 Å². The summed E-state index contributed by atoms with van der Waals surface area (Å²) in [7, 11) is 0. The number of hydrazone groups is 1. The zero-order valence-corrected chi connectivity index (χ0v) is 16.1. The molecule has 0 saturated heterocycles. The molecule has 0 atom stereocenters. The quantitative estimate of drug-likeness (QED) is 0.481. The minimum Gasteiger partial charge on any atom is -0.310 e. The van der Waals surface area contributed by atoms with Crippen molar-refractivity contribution in [3.8, 4) is 0 Å². The maximum absolute atomic E-state index is 12.7. The molecular weight excluding hydrogens is 419 g/mol. The molecule has 30 heavy (non-hydrogen) atoms. The summed E-state index contributed by atoms with van der Waals surface area (Å²) in [6.07, 6.45) is -1.87. The van der Waals surface area contributed by atoms with Crippen LogP contribution >= 0.6 is 11.6 Å². The van der Waals surface area contributed by atoms with Gasteiger partial charge in [0, 0.05) is 11.2 Å². The zero-order valence-electron chi connectivity index (χ0n) is 15.4. The molecule has 0 radical (unpaired) electrons. The van der Waals surface area contributed by atoms with Crippen molar-refractivity contribution in [2.45, 2.75) is 12.7 Å². The third-order valence-corrected chi connectivity index (χ3v) is 4.38. The van der Waals surface area contributed by atoms with Gasteiger partial charge in [-0.15, -0.1) is 0 Å². The van der Waals surface area contributed by atoms with Gasteiger partial charge in [0.05, 0.1) is 18.3 Å². The van der Waals surface area contributed by atoms with Crippen LogP contribution in [0, 0.1) is 0 Å². The van der Waals surface area contributed by atoms with Crippen molar-refractivity contribution in [3.05, 3.63) is 104 Å². The Kier molecular flexibility index (Phi) is 6.37. The molecule has 154 valence electrons. The number of carbonyl (C=O) groups excluding carboxylic acids is 1. The second-order valence-corrected chi connectivity index (χ2v) is 6.74. The second-order valence-electron chi connectivity index (χ2n) is 6.30. The van der Waals surface area contributed by atoms with Crippen molar-refractivity contribution in [3.63, 3.8) is 0 Å². The molecule has 5 nitrogen and oxygen atoms in total. The number of alkyl halides is 3. The lowest BCUT2D eigenvalue weighted by Crippen LogP contribution is -2.30. The molecular formula is C21H15ClF3N3O2. The van der Waals surface area contributed by atoms with Crippen molar-refractivity contribution < 1.29 is 18.0 Å². The molecule has 2 aromatic carbocycles. The fourth-order valence-corrected chi connectivity index (χ4v) is 2.77. The number of rotatable bonds is 5. The topological polar surface area (TPSA) is 63.5 Å².